The van der Waals surface area contributed by atoms with Gasteiger partial charge < -0.3 is 5.11 Å². The Hall–Kier alpha value is -0.280. The summed E-state index contributed by atoms with van der Waals surface area (Å²) in [7, 11) is 0. The molecular formula is C8H18O7. The molecule has 1 N–H and O–H groups in total. The zero-order valence-electron chi connectivity index (χ0n) is 8.85. The minimum atomic E-state index is 0.250. The molecule has 0 unspecified atom stereocenters. The van der Waals surface area contributed by atoms with Crippen molar-refractivity contribution in [2.75, 3.05) is 33.0 Å². The molecule has 92 valence electrons. The summed E-state index contributed by atoms with van der Waals surface area (Å²) >= 11 is 0. The van der Waals surface area contributed by atoms with Gasteiger partial charge in [-0.1, -0.05) is 10.1 Å². The monoisotopic (exact) mass is 226 g/mol. The Kier molecular flexibility index (Phi) is 13.5. The van der Waals surface area contributed by atoms with E-state index >= 15 is 0 Å². The van der Waals surface area contributed by atoms with Gasteiger partial charge in [-0.2, -0.15) is 0 Å². The summed E-state index contributed by atoms with van der Waals surface area (Å²) in [6.07, 6.45) is 1.86. The van der Waals surface area contributed by atoms with E-state index in [1.807, 2.05) is 0 Å². The van der Waals surface area contributed by atoms with Gasteiger partial charge in [0, 0.05) is 19.4 Å². The van der Waals surface area contributed by atoms with E-state index in [1.54, 1.807) is 6.92 Å². The van der Waals surface area contributed by atoms with E-state index in [-0.39, 0.29) is 6.61 Å². The maximum absolute atomic E-state index is 7.57. The second-order valence-corrected chi connectivity index (χ2v) is 2.45. The van der Waals surface area contributed by atoms with Crippen LogP contribution in [0.4, 0.5) is 0 Å². The smallest absolute Gasteiger partial charge is 0.0877 e. The average molecular weight is 226 g/mol. The normalized spacial score (nSPS) is 20.4. The van der Waals surface area contributed by atoms with Crippen LogP contribution in [-0.4, -0.2) is 38.1 Å². The van der Waals surface area contributed by atoms with Crippen LogP contribution in [0.5, 0.6) is 0 Å². The largest absolute Gasteiger partial charge is 0.397 e. The first-order valence-electron chi connectivity index (χ1n) is 4.84. The molecule has 0 aromatic heterocycles. The summed E-state index contributed by atoms with van der Waals surface area (Å²) < 4.78 is 0. The van der Waals surface area contributed by atoms with Crippen molar-refractivity contribution in [1.29, 1.82) is 0 Å². The van der Waals surface area contributed by atoms with Crippen molar-refractivity contribution in [3.05, 3.63) is 0 Å². The SMILES string of the molecule is C1COOOC1.C1COOOC1.CCO. The van der Waals surface area contributed by atoms with Gasteiger partial charge in [0.2, 0.25) is 0 Å². The second kappa shape index (κ2) is 13.7. The van der Waals surface area contributed by atoms with Crippen LogP contribution in [0.3, 0.4) is 0 Å². The minimum absolute atomic E-state index is 0.250. The fourth-order valence-electron chi connectivity index (χ4n) is 0.558. The summed E-state index contributed by atoms with van der Waals surface area (Å²) in [5.74, 6) is 0. The van der Waals surface area contributed by atoms with Crippen LogP contribution in [0.2, 0.25) is 0 Å². The van der Waals surface area contributed by atoms with E-state index in [1.165, 1.54) is 0 Å². The van der Waals surface area contributed by atoms with Crippen LogP contribution in [-0.2, 0) is 29.6 Å². The van der Waals surface area contributed by atoms with Gasteiger partial charge in [-0.3, -0.25) is 0 Å². The molecule has 7 nitrogen and oxygen atoms in total. The predicted molar refractivity (Wildman–Crippen MR) is 48.0 cm³/mol. The van der Waals surface area contributed by atoms with E-state index in [0.29, 0.717) is 26.4 Å². The first-order valence-corrected chi connectivity index (χ1v) is 4.84. The van der Waals surface area contributed by atoms with Gasteiger partial charge in [0.05, 0.1) is 26.4 Å². The molecule has 0 amide bonds. The van der Waals surface area contributed by atoms with E-state index in [2.05, 4.69) is 29.6 Å². The quantitative estimate of drug-likeness (QED) is 0.604. The Morgan fingerprint density at radius 2 is 1.07 bits per heavy atom. The number of hydrogen-bond acceptors (Lipinski definition) is 7. The van der Waals surface area contributed by atoms with E-state index in [9.17, 15) is 0 Å². The Morgan fingerprint density at radius 1 is 0.800 bits per heavy atom. The average Bonchev–Trinajstić information content (AvgIpc) is 2.35. The van der Waals surface area contributed by atoms with Gasteiger partial charge in [0.25, 0.3) is 0 Å². The van der Waals surface area contributed by atoms with Crippen molar-refractivity contribution in [2.45, 2.75) is 19.8 Å². The summed E-state index contributed by atoms with van der Waals surface area (Å²) in [6.45, 7) is 4.54. The lowest BCUT2D eigenvalue weighted by atomic mass is 10.5. The molecule has 0 aromatic rings. The van der Waals surface area contributed by atoms with Crippen LogP contribution >= 0.6 is 0 Å². The second-order valence-electron chi connectivity index (χ2n) is 2.45. The standard InChI is InChI=1S/2C3H6O3.C2H6O/c2*1-2-4-6-5-3-1;1-2-3/h2*1-3H2;3H,2H2,1H3. The number of hydrogen-bond donors (Lipinski definition) is 1. The third-order valence-corrected chi connectivity index (χ3v) is 1.10. The van der Waals surface area contributed by atoms with Crippen molar-refractivity contribution >= 4 is 0 Å². The van der Waals surface area contributed by atoms with Crippen LogP contribution in [0.25, 0.3) is 0 Å². The highest BCUT2D eigenvalue weighted by Crippen LogP contribution is 1.94. The van der Waals surface area contributed by atoms with Gasteiger partial charge in [0.1, 0.15) is 0 Å². The Labute approximate surface area is 88.5 Å². The van der Waals surface area contributed by atoms with Crippen LogP contribution in [0.1, 0.15) is 19.8 Å². The molecule has 0 aromatic carbocycles. The van der Waals surface area contributed by atoms with E-state index in [4.69, 9.17) is 5.11 Å². The maximum Gasteiger partial charge on any atom is 0.0877 e. The molecule has 2 fully saturated rings. The summed E-state index contributed by atoms with van der Waals surface area (Å²) in [4.78, 5) is 17.4. The van der Waals surface area contributed by atoms with Crippen molar-refractivity contribution in [3.63, 3.8) is 0 Å². The van der Waals surface area contributed by atoms with Gasteiger partial charge in [-0.05, 0) is 6.92 Å². The number of aliphatic hydroxyl groups excluding tert-OH is 1. The molecule has 2 aliphatic heterocycles. The Bertz CT molecular complexity index is 68.1. The predicted octanol–water partition coefficient (Wildman–Crippen LogP) is 0.538. The molecule has 0 saturated carbocycles. The zero-order valence-corrected chi connectivity index (χ0v) is 8.85. The molecule has 2 saturated heterocycles. The van der Waals surface area contributed by atoms with Crippen LogP contribution in [0.15, 0.2) is 0 Å². The Morgan fingerprint density at radius 3 is 1.13 bits per heavy atom. The molecular weight excluding hydrogens is 208 g/mol. The van der Waals surface area contributed by atoms with E-state index < -0.39 is 0 Å². The lowest BCUT2D eigenvalue weighted by molar-refractivity contribution is -0.532. The first-order chi connectivity index (χ1) is 7.41. The van der Waals surface area contributed by atoms with Crippen molar-refractivity contribution < 1.29 is 34.7 Å². The molecule has 15 heavy (non-hydrogen) atoms. The topological polar surface area (TPSA) is 75.6 Å². The van der Waals surface area contributed by atoms with Gasteiger partial charge in [-0.25, -0.2) is 19.6 Å². The fraction of sp³-hybridized carbons (Fsp3) is 1.00. The van der Waals surface area contributed by atoms with Crippen LogP contribution < -0.4 is 0 Å². The molecule has 0 atom stereocenters. The highest BCUT2D eigenvalue weighted by Gasteiger charge is 1.97. The van der Waals surface area contributed by atoms with Crippen molar-refractivity contribution in [1.82, 2.24) is 0 Å². The van der Waals surface area contributed by atoms with Gasteiger partial charge in [0.15, 0.2) is 0 Å². The lowest BCUT2D eigenvalue weighted by Crippen LogP contribution is -2.08. The van der Waals surface area contributed by atoms with Gasteiger partial charge in [-0.15, -0.1) is 0 Å². The number of aliphatic hydroxyl groups is 1. The fourth-order valence-corrected chi connectivity index (χ4v) is 0.558. The summed E-state index contributed by atoms with van der Waals surface area (Å²) in [5, 5.41) is 15.7. The maximum atomic E-state index is 7.57. The molecule has 0 bridgehead atoms. The first kappa shape index (κ1) is 14.7. The Balaban J connectivity index is 0.000000210. The molecule has 2 aliphatic rings. The minimum Gasteiger partial charge on any atom is -0.397 e. The summed E-state index contributed by atoms with van der Waals surface area (Å²) in [6, 6.07) is 0. The van der Waals surface area contributed by atoms with Crippen LogP contribution in [0, 0.1) is 0 Å². The highest BCUT2D eigenvalue weighted by molar-refractivity contribution is 4.28. The van der Waals surface area contributed by atoms with Crippen molar-refractivity contribution in [3.8, 4) is 0 Å². The van der Waals surface area contributed by atoms with E-state index in [0.717, 1.165) is 12.8 Å². The molecule has 7 heteroatoms. The molecule has 2 rings (SSSR count). The molecule has 0 spiro atoms. The molecule has 0 aliphatic carbocycles. The molecule has 2 heterocycles. The third-order valence-electron chi connectivity index (χ3n) is 1.10. The number of rotatable bonds is 0. The van der Waals surface area contributed by atoms with Crippen molar-refractivity contribution in [2.24, 2.45) is 0 Å². The zero-order chi connectivity index (χ0) is 11.2. The highest BCUT2D eigenvalue weighted by atomic mass is 17.5. The van der Waals surface area contributed by atoms with Gasteiger partial charge >= 0.3 is 0 Å². The third kappa shape index (κ3) is 13.7. The lowest BCUT2D eigenvalue weighted by Gasteiger charge is -2.06. The summed E-state index contributed by atoms with van der Waals surface area (Å²) in [5.41, 5.74) is 0. The molecule has 0 radical (unpaired) electrons.